The molecule has 0 radical (unpaired) electrons. The predicted molar refractivity (Wildman–Crippen MR) is 75.7 cm³/mol. The van der Waals surface area contributed by atoms with Crippen LogP contribution < -0.4 is 0 Å². The van der Waals surface area contributed by atoms with Crippen molar-refractivity contribution in [1.82, 2.24) is 0 Å². The first-order valence-corrected chi connectivity index (χ1v) is 7.88. The van der Waals surface area contributed by atoms with Crippen LogP contribution in [0, 0.1) is 11.8 Å². The van der Waals surface area contributed by atoms with E-state index < -0.39 is 0 Å². The molecule has 0 heterocycles. The van der Waals surface area contributed by atoms with Gasteiger partial charge >= 0.3 is 0 Å². The predicted octanol–water partition coefficient (Wildman–Crippen LogP) is 4.37. The van der Waals surface area contributed by atoms with Gasteiger partial charge in [0.1, 0.15) is 6.61 Å². The number of ether oxygens (including phenoxy) is 1. The zero-order chi connectivity index (χ0) is 13.2. The van der Waals surface area contributed by atoms with Crippen LogP contribution in [0.2, 0.25) is 0 Å². The maximum absolute atomic E-state index is 12.0. The number of carbonyl (C=O) groups excluding carboxylic acids is 1. The lowest BCUT2D eigenvalue weighted by Gasteiger charge is -2.21. The third kappa shape index (κ3) is 5.99. The maximum atomic E-state index is 12.0. The smallest absolute Gasteiger partial charge is 0.161 e. The van der Waals surface area contributed by atoms with E-state index in [1.54, 1.807) is 0 Å². The number of unbranched alkanes of at least 4 members (excludes halogenated alkanes) is 1. The Kier molecular flexibility index (Phi) is 8.32. The zero-order valence-corrected chi connectivity index (χ0v) is 12.2. The van der Waals surface area contributed by atoms with Gasteiger partial charge in [0.05, 0.1) is 0 Å². The Labute approximate surface area is 112 Å². The highest BCUT2D eigenvalue weighted by Gasteiger charge is 2.21. The molecule has 0 aliphatic heterocycles. The quantitative estimate of drug-likeness (QED) is 0.611. The Bertz CT molecular complexity index is 219. The van der Waals surface area contributed by atoms with E-state index >= 15 is 0 Å². The molecular formula is C16H30O2. The van der Waals surface area contributed by atoms with Gasteiger partial charge in [-0.05, 0) is 25.2 Å². The van der Waals surface area contributed by atoms with E-state index in [0.29, 0.717) is 24.2 Å². The molecule has 1 atom stereocenters. The number of hydrogen-bond donors (Lipinski definition) is 0. The topological polar surface area (TPSA) is 26.3 Å². The molecule has 1 unspecified atom stereocenters. The molecule has 0 bridgehead atoms. The fraction of sp³-hybridized carbons (Fsp3) is 0.938. The van der Waals surface area contributed by atoms with Crippen LogP contribution in [0.5, 0.6) is 0 Å². The summed E-state index contributed by atoms with van der Waals surface area (Å²) >= 11 is 0. The van der Waals surface area contributed by atoms with Crippen molar-refractivity contribution >= 4 is 5.78 Å². The van der Waals surface area contributed by atoms with E-state index in [-0.39, 0.29) is 0 Å². The van der Waals surface area contributed by atoms with E-state index in [9.17, 15) is 4.79 Å². The second-order valence-corrected chi connectivity index (χ2v) is 5.73. The highest BCUT2D eigenvalue weighted by molar-refractivity contribution is 5.82. The molecule has 1 aliphatic carbocycles. The lowest BCUT2D eigenvalue weighted by Crippen LogP contribution is -2.23. The van der Waals surface area contributed by atoms with Crippen LogP contribution in [0.4, 0.5) is 0 Å². The highest BCUT2D eigenvalue weighted by Crippen LogP contribution is 2.24. The lowest BCUT2D eigenvalue weighted by atomic mass is 9.86. The Morgan fingerprint density at radius 2 is 1.94 bits per heavy atom. The first-order valence-electron chi connectivity index (χ1n) is 7.88. The number of hydrogen-bond acceptors (Lipinski definition) is 2. The van der Waals surface area contributed by atoms with Gasteiger partial charge in [0.25, 0.3) is 0 Å². The first-order chi connectivity index (χ1) is 8.77. The van der Waals surface area contributed by atoms with E-state index in [1.165, 1.54) is 38.5 Å². The molecule has 0 aromatic rings. The van der Waals surface area contributed by atoms with Crippen molar-refractivity contribution in [3.05, 3.63) is 0 Å². The third-order valence-corrected chi connectivity index (χ3v) is 4.20. The molecule has 0 amide bonds. The fourth-order valence-corrected chi connectivity index (χ4v) is 2.77. The van der Waals surface area contributed by atoms with Crippen molar-refractivity contribution in [1.29, 1.82) is 0 Å². The summed E-state index contributed by atoms with van der Waals surface area (Å²) in [6, 6.07) is 0. The van der Waals surface area contributed by atoms with Gasteiger partial charge < -0.3 is 4.74 Å². The van der Waals surface area contributed by atoms with Crippen LogP contribution in [0.25, 0.3) is 0 Å². The van der Waals surface area contributed by atoms with Gasteiger partial charge in [-0.3, -0.25) is 4.79 Å². The first kappa shape index (κ1) is 15.7. The molecule has 1 rings (SSSR count). The summed E-state index contributed by atoms with van der Waals surface area (Å²) in [7, 11) is 0. The van der Waals surface area contributed by atoms with Crippen LogP contribution in [-0.2, 0) is 9.53 Å². The molecule has 0 saturated heterocycles. The van der Waals surface area contributed by atoms with Crippen molar-refractivity contribution in [3.63, 3.8) is 0 Å². The summed E-state index contributed by atoms with van der Waals surface area (Å²) in [4.78, 5) is 12.0. The Morgan fingerprint density at radius 3 is 2.56 bits per heavy atom. The minimum atomic E-state index is 0.300. The summed E-state index contributed by atoms with van der Waals surface area (Å²) < 4.78 is 5.65. The molecule has 1 saturated carbocycles. The molecule has 1 fully saturated rings. The van der Waals surface area contributed by atoms with Gasteiger partial charge in [0, 0.05) is 12.5 Å². The Morgan fingerprint density at radius 1 is 1.22 bits per heavy atom. The van der Waals surface area contributed by atoms with Gasteiger partial charge in [-0.15, -0.1) is 0 Å². The average Bonchev–Trinajstić information content (AvgIpc) is 2.43. The van der Waals surface area contributed by atoms with Crippen LogP contribution in [0.1, 0.15) is 71.6 Å². The maximum Gasteiger partial charge on any atom is 0.161 e. The zero-order valence-electron chi connectivity index (χ0n) is 12.2. The summed E-state index contributed by atoms with van der Waals surface area (Å²) in [5.41, 5.74) is 0. The second-order valence-electron chi connectivity index (χ2n) is 5.73. The monoisotopic (exact) mass is 254 g/mol. The number of rotatable bonds is 9. The van der Waals surface area contributed by atoms with Gasteiger partial charge in [-0.25, -0.2) is 0 Å². The summed E-state index contributed by atoms with van der Waals surface area (Å²) in [5.74, 6) is 1.29. The molecule has 18 heavy (non-hydrogen) atoms. The van der Waals surface area contributed by atoms with Crippen LogP contribution in [-0.4, -0.2) is 19.0 Å². The average molecular weight is 254 g/mol. The number of ketones is 1. The van der Waals surface area contributed by atoms with Crippen molar-refractivity contribution in [2.75, 3.05) is 13.2 Å². The van der Waals surface area contributed by atoms with Gasteiger partial charge in [0.2, 0.25) is 0 Å². The van der Waals surface area contributed by atoms with Crippen LogP contribution >= 0.6 is 0 Å². The Balaban J connectivity index is 2.13. The molecule has 1 aliphatic rings. The third-order valence-electron chi connectivity index (χ3n) is 4.20. The molecule has 2 nitrogen and oxygen atoms in total. The van der Waals surface area contributed by atoms with E-state index in [1.807, 2.05) is 0 Å². The number of carbonyl (C=O) groups is 1. The standard InChI is InChI=1S/C16H30O2/c1-3-5-9-14(4-2)12-18-13-16(17)15-10-7-6-8-11-15/h14-15H,3-13H2,1-2H3. The van der Waals surface area contributed by atoms with Crippen LogP contribution in [0.15, 0.2) is 0 Å². The van der Waals surface area contributed by atoms with E-state index in [4.69, 9.17) is 4.74 Å². The molecule has 0 aromatic carbocycles. The SMILES string of the molecule is CCCCC(CC)COCC(=O)C1CCCCC1. The lowest BCUT2D eigenvalue weighted by molar-refractivity contribution is -0.129. The summed E-state index contributed by atoms with van der Waals surface area (Å²) in [5, 5.41) is 0. The number of Topliss-reactive ketones (excluding diaryl/α,β-unsaturated/α-hetero) is 1. The van der Waals surface area contributed by atoms with Crippen LogP contribution in [0.3, 0.4) is 0 Å². The van der Waals surface area contributed by atoms with Crippen molar-refractivity contribution in [3.8, 4) is 0 Å². The molecule has 2 heteroatoms. The van der Waals surface area contributed by atoms with Crippen molar-refractivity contribution in [2.45, 2.75) is 71.6 Å². The van der Waals surface area contributed by atoms with Gasteiger partial charge in [-0.2, -0.15) is 0 Å². The summed E-state index contributed by atoms with van der Waals surface area (Å²) in [6.45, 7) is 5.56. The Hall–Kier alpha value is -0.370. The van der Waals surface area contributed by atoms with E-state index in [0.717, 1.165) is 25.9 Å². The summed E-state index contributed by atoms with van der Waals surface area (Å²) in [6.07, 6.45) is 10.9. The highest BCUT2D eigenvalue weighted by atomic mass is 16.5. The minimum Gasteiger partial charge on any atom is -0.373 e. The molecular weight excluding hydrogens is 224 g/mol. The van der Waals surface area contributed by atoms with Gasteiger partial charge in [-0.1, -0.05) is 52.4 Å². The fourth-order valence-electron chi connectivity index (χ4n) is 2.77. The second kappa shape index (κ2) is 9.55. The minimum absolute atomic E-state index is 0.300. The van der Waals surface area contributed by atoms with E-state index in [2.05, 4.69) is 13.8 Å². The van der Waals surface area contributed by atoms with Crippen molar-refractivity contribution in [2.24, 2.45) is 11.8 Å². The molecule has 0 spiro atoms. The molecule has 0 aromatic heterocycles. The molecule has 106 valence electrons. The van der Waals surface area contributed by atoms with Gasteiger partial charge in [0.15, 0.2) is 5.78 Å². The van der Waals surface area contributed by atoms with Crippen molar-refractivity contribution < 1.29 is 9.53 Å². The molecule has 0 N–H and O–H groups in total. The largest absolute Gasteiger partial charge is 0.373 e. The normalized spacial score (nSPS) is 18.8.